The summed E-state index contributed by atoms with van der Waals surface area (Å²) >= 11 is 0. The van der Waals surface area contributed by atoms with Crippen LogP contribution in [-0.2, 0) is 20.5 Å². The van der Waals surface area contributed by atoms with E-state index in [0.717, 1.165) is 5.56 Å². The number of carbonyl (C=O) groups excluding carboxylic acids is 1. The number of anilines is 1. The van der Waals surface area contributed by atoms with Crippen molar-refractivity contribution in [1.82, 2.24) is 0 Å². The normalized spacial score (nSPS) is 18.4. The van der Waals surface area contributed by atoms with Crippen molar-refractivity contribution in [1.29, 1.82) is 0 Å². The molecular weight excluding hydrogens is 410 g/mol. The van der Waals surface area contributed by atoms with Gasteiger partial charge in [0.05, 0.1) is 12.3 Å². The van der Waals surface area contributed by atoms with Crippen LogP contribution in [0.3, 0.4) is 0 Å². The van der Waals surface area contributed by atoms with Crippen molar-refractivity contribution < 1.29 is 23.4 Å². The molecule has 2 atom stereocenters. The van der Waals surface area contributed by atoms with Crippen molar-refractivity contribution in [3.63, 3.8) is 0 Å². The Hall–Kier alpha value is -2.35. The van der Waals surface area contributed by atoms with E-state index in [4.69, 9.17) is 18.6 Å². The summed E-state index contributed by atoms with van der Waals surface area (Å²) in [6.45, 7) is 12.4. The lowest BCUT2D eigenvalue weighted by Gasteiger charge is -2.36. The zero-order chi connectivity index (χ0) is 22.5. The van der Waals surface area contributed by atoms with E-state index in [1.165, 1.54) is 0 Å². The van der Waals surface area contributed by atoms with Gasteiger partial charge in [0, 0.05) is 0 Å². The highest BCUT2D eigenvalue weighted by Crippen LogP contribution is 2.37. The van der Waals surface area contributed by atoms with Crippen LogP contribution in [0.4, 0.5) is 10.5 Å². The average molecular weight is 444 g/mol. The second-order valence-electron chi connectivity index (χ2n) is 9.28. The maximum atomic E-state index is 12.2. The SMILES string of the molecule is CC(C)(C)[Si](C)(C)OC[C@@H]1O[C@@H]1COc1ccccc1NC(=O)OCc1ccccc1. The third kappa shape index (κ3) is 6.82. The maximum Gasteiger partial charge on any atom is 0.412 e. The van der Waals surface area contributed by atoms with Crippen LogP contribution in [0.5, 0.6) is 5.75 Å². The van der Waals surface area contributed by atoms with Crippen molar-refractivity contribution in [2.75, 3.05) is 18.5 Å². The molecule has 1 aliphatic heterocycles. The molecule has 1 saturated heterocycles. The molecule has 0 spiro atoms. The summed E-state index contributed by atoms with van der Waals surface area (Å²) in [4.78, 5) is 12.2. The Labute approximate surface area is 186 Å². The molecule has 0 aromatic heterocycles. The largest absolute Gasteiger partial charge is 0.489 e. The summed E-state index contributed by atoms with van der Waals surface area (Å²) in [7, 11) is -1.79. The number of rotatable bonds is 9. The molecule has 0 radical (unpaired) electrons. The Morgan fingerprint density at radius 2 is 1.65 bits per heavy atom. The Morgan fingerprint density at radius 1 is 1.00 bits per heavy atom. The number of benzene rings is 2. The number of hydrogen-bond donors (Lipinski definition) is 1. The number of para-hydroxylation sites is 2. The average Bonchev–Trinajstić information content (AvgIpc) is 3.49. The number of amides is 1. The maximum absolute atomic E-state index is 12.2. The van der Waals surface area contributed by atoms with E-state index in [-0.39, 0.29) is 23.9 Å². The fourth-order valence-corrected chi connectivity index (χ4v) is 3.73. The molecule has 168 valence electrons. The van der Waals surface area contributed by atoms with Crippen LogP contribution in [0.2, 0.25) is 18.1 Å². The molecule has 0 bridgehead atoms. The lowest BCUT2D eigenvalue weighted by molar-refractivity contribution is 0.155. The first kappa shape index (κ1) is 23.3. The molecule has 0 saturated carbocycles. The molecule has 2 aromatic rings. The predicted molar refractivity (Wildman–Crippen MR) is 124 cm³/mol. The molecule has 3 rings (SSSR count). The van der Waals surface area contributed by atoms with Crippen molar-refractivity contribution in [2.24, 2.45) is 0 Å². The molecule has 1 N–H and O–H groups in total. The molecule has 1 amide bonds. The fraction of sp³-hybridized carbons (Fsp3) is 0.458. The topological polar surface area (TPSA) is 69.3 Å². The molecule has 7 heteroatoms. The van der Waals surface area contributed by atoms with Gasteiger partial charge in [-0.15, -0.1) is 0 Å². The molecular formula is C24H33NO5Si. The number of carbonyl (C=O) groups is 1. The van der Waals surface area contributed by atoms with Crippen LogP contribution >= 0.6 is 0 Å². The molecule has 1 heterocycles. The zero-order valence-corrected chi connectivity index (χ0v) is 20.0. The lowest BCUT2D eigenvalue weighted by Crippen LogP contribution is -2.41. The van der Waals surface area contributed by atoms with Crippen molar-refractivity contribution in [3.8, 4) is 5.75 Å². The van der Waals surface area contributed by atoms with Gasteiger partial charge in [0.2, 0.25) is 0 Å². The number of ether oxygens (including phenoxy) is 3. The van der Waals surface area contributed by atoms with Gasteiger partial charge in [-0.2, -0.15) is 0 Å². The third-order valence-electron chi connectivity index (χ3n) is 5.84. The van der Waals surface area contributed by atoms with Crippen molar-refractivity contribution in [2.45, 2.75) is 57.7 Å². The zero-order valence-electron chi connectivity index (χ0n) is 19.0. The summed E-state index contributed by atoms with van der Waals surface area (Å²) in [5.74, 6) is 0.582. The van der Waals surface area contributed by atoms with Gasteiger partial charge in [0.1, 0.15) is 31.2 Å². The second kappa shape index (κ2) is 9.85. The summed E-state index contributed by atoms with van der Waals surface area (Å²) in [6.07, 6.45) is -0.462. The predicted octanol–water partition coefficient (Wildman–Crippen LogP) is 5.60. The Bertz CT molecular complexity index is 866. The summed E-state index contributed by atoms with van der Waals surface area (Å²) in [5.41, 5.74) is 1.49. The number of hydrogen-bond acceptors (Lipinski definition) is 5. The lowest BCUT2D eigenvalue weighted by atomic mass is 10.2. The molecule has 2 aromatic carbocycles. The van der Waals surface area contributed by atoms with Gasteiger partial charge < -0.3 is 18.6 Å². The van der Waals surface area contributed by atoms with E-state index < -0.39 is 14.4 Å². The highest BCUT2D eigenvalue weighted by atomic mass is 28.4. The first-order valence-electron chi connectivity index (χ1n) is 10.6. The first-order valence-corrected chi connectivity index (χ1v) is 13.6. The minimum absolute atomic E-state index is 0.00265. The van der Waals surface area contributed by atoms with Gasteiger partial charge in [-0.3, -0.25) is 5.32 Å². The highest BCUT2D eigenvalue weighted by molar-refractivity contribution is 6.74. The standard InChI is InChI=1S/C24H33NO5Si/c1-24(2,3)31(4,5)29-17-22-21(30-22)16-27-20-14-10-9-13-19(20)25-23(26)28-15-18-11-7-6-8-12-18/h6-14,21-22H,15-17H2,1-5H3,(H,25,26)/t21-,22+/m1/s1. The highest BCUT2D eigenvalue weighted by Gasteiger charge is 2.44. The third-order valence-corrected chi connectivity index (χ3v) is 10.3. The monoisotopic (exact) mass is 443 g/mol. The molecule has 31 heavy (non-hydrogen) atoms. The number of nitrogens with one attached hydrogen (secondary N) is 1. The van der Waals surface area contributed by atoms with Crippen molar-refractivity contribution >= 4 is 20.1 Å². The van der Waals surface area contributed by atoms with Crippen molar-refractivity contribution in [3.05, 3.63) is 60.2 Å². The van der Waals surface area contributed by atoms with Gasteiger partial charge in [-0.05, 0) is 35.8 Å². The minimum atomic E-state index is -1.79. The van der Waals surface area contributed by atoms with E-state index in [1.807, 2.05) is 48.5 Å². The second-order valence-corrected chi connectivity index (χ2v) is 14.1. The molecule has 1 fully saturated rings. The van der Waals surface area contributed by atoms with Crippen LogP contribution in [0, 0.1) is 0 Å². The van der Waals surface area contributed by atoms with Gasteiger partial charge in [0.15, 0.2) is 8.32 Å². The van der Waals surface area contributed by atoms with Gasteiger partial charge in [-0.1, -0.05) is 63.2 Å². The van der Waals surface area contributed by atoms with Crippen LogP contribution < -0.4 is 10.1 Å². The Morgan fingerprint density at radius 3 is 2.35 bits per heavy atom. The van der Waals surface area contributed by atoms with Crippen LogP contribution in [0.15, 0.2) is 54.6 Å². The minimum Gasteiger partial charge on any atom is -0.489 e. The summed E-state index contributed by atoms with van der Waals surface area (Å²) < 4.78 is 23.1. The fourth-order valence-electron chi connectivity index (χ4n) is 2.72. The Kier molecular flexibility index (Phi) is 7.41. The van der Waals surface area contributed by atoms with Crippen LogP contribution in [0.25, 0.3) is 0 Å². The van der Waals surface area contributed by atoms with E-state index in [0.29, 0.717) is 24.7 Å². The van der Waals surface area contributed by atoms with E-state index in [9.17, 15) is 4.79 Å². The van der Waals surface area contributed by atoms with Crippen LogP contribution in [0.1, 0.15) is 26.3 Å². The Balaban J connectivity index is 1.44. The number of epoxide rings is 1. The molecule has 1 aliphatic rings. The van der Waals surface area contributed by atoms with Crippen LogP contribution in [-0.4, -0.2) is 39.8 Å². The first-order chi connectivity index (χ1) is 14.7. The van der Waals surface area contributed by atoms with Gasteiger partial charge >= 0.3 is 6.09 Å². The van der Waals surface area contributed by atoms with E-state index >= 15 is 0 Å². The van der Waals surface area contributed by atoms with E-state index in [1.54, 1.807) is 6.07 Å². The van der Waals surface area contributed by atoms with Gasteiger partial charge in [-0.25, -0.2) is 4.79 Å². The summed E-state index contributed by atoms with van der Waals surface area (Å²) in [5, 5.41) is 2.93. The molecule has 0 unspecified atom stereocenters. The van der Waals surface area contributed by atoms with Gasteiger partial charge in [0.25, 0.3) is 0 Å². The quantitative estimate of drug-likeness (QED) is 0.403. The molecule has 6 nitrogen and oxygen atoms in total. The molecule has 0 aliphatic carbocycles. The summed E-state index contributed by atoms with van der Waals surface area (Å²) in [6, 6.07) is 16.8. The smallest absolute Gasteiger partial charge is 0.412 e. The van der Waals surface area contributed by atoms with E-state index in [2.05, 4.69) is 39.2 Å².